The minimum Gasteiger partial charge on any atom is -0.389 e. The highest BCUT2D eigenvalue weighted by molar-refractivity contribution is 5.78. The second kappa shape index (κ2) is 9.28. The Hall–Kier alpha value is -0.650. The summed E-state index contributed by atoms with van der Waals surface area (Å²) >= 11 is 0. The summed E-state index contributed by atoms with van der Waals surface area (Å²) in [5, 5.41) is 12.8. The highest BCUT2D eigenvalue weighted by Crippen LogP contribution is 2.20. The van der Waals surface area contributed by atoms with Crippen LogP contribution in [-0.2, 0) is 9.53 Å². The van der Waals surface area contributed by atoms with Gasteiger partial charge in [-0.05, 0) is 26.7 Å². The van der Waals surface area contributed by atoms with Crippen LogP contribution >= 0.6 is 0 Å². The van der Waals surface area contributed by atoms with Crippen LogP contribution in [0.25, 0.3) is 0 Å². The molecule has 5 heteroatoms. The lowest BCUT2D eigenvalue weighted by Gasteiger charge is -2.20. The molecular weight excluding hydrogens is 244 g/mol. The molecule has 0 saturated heterocycles. The van der Waals surface area contributed by atoms with Gasteiger partial charge in [-0.25, -0.2) is 0 Å². The first kappa shape index (κ1) is 16.4. The van der Waals surface area contributed by atoms with Crippen molar-refractivity contribution in [1.29, 1.82) is 0 Å². The predicted molar refractivity (Wildman–Crippen MR) is 75.0 cm³/mol. The number of carbonyl (C=O) groups excluding carboxylic acids is 1. The van der Waals surface area contributed by atoms with E-state index >= 15 is 0 Å². The SMILES string of the molecule is CCN(CC)C(=O)CNCC(O)COC1CCCC1. The fraction of sp³-hybridized carbons (Fsp3) is 0.929. The number of nitrogens with one attached hydrogen (secondary N) is 1. The van der Waals surface area contributed by atoms with Crippen molar-refractivity contribution in [3.05, 3.63) is 0 Å². The lowest BCUT2D eigenvalue weighted by Crippen LogP contribution is -2.41. The van der Waals surface area contributed by atoms with Crippen LogP contribution in [0.2, 0.25) is 0 Å². The van der Waals surface area contributed by atoms with Gasteiger partial charge < -0.3 is 20.1 Å². The Morgan fingerprint density at radius 2 is 2.00 bits per heavy atom. The van der Waals surface area contributed by atoms with Gasteiger partial charge in [-0.2, -0.15) is 0 Å². The average Bonchev–Trinajstić information content (AvgIpc) is 2.91. The Kier molecular flexibility index (Phi) is 8.02. The minimum absolute atomic E-state index is 0.0777. The zero-order valence-electron chi connectivity index (χ0n) is 12.2. The molecule has 0 radical (unpaired) electrons. The van der Waals surface area contributed by atoms with Crippen LogP contribution in [0.15, 0.2) is 0 Å². The van der Waals surface area contributed by atoms with Crippen LogP contribution in [0.4, 0.5) is 0 Å². The van der Waals surface area contributed by atoms with E-state index in [2.05, 4.69) is 5.32 Å². The zero-order chi connectivity index (χ0) is 14.1. The monoisotopic (exact) mass is 272 g/mol. The first-order valence-electron chi connectivity index (χ1n) is 7.45. The fourth-order valence-electron chi connectivity index (χ4n) is 2.39. The predicted octanol–water partition coefficient (Wildman–Crippen LogP) is 0.764. The summed E-state index contributed by atoms with van der Waals surface area (Å²) in [7, 11) is 0. The molecular formula is C14H28N2O3. The standard InChI is InChI=1S/C14H28N2O3/c1-3-16(4-2)14(18)10-15-9-12(17)11-19-13-7-5-6-8-13/h12-13,15,17H,3-11H2,1-2H3. The Morgan fingerprint density at radius 3 is 2.58 bits per heavy atom. The molecule has 19 heavy (non-hydrogen) atoms. The van der Waals surface area contributed by atoms with Gasteiger partial charge in [-0.15, -0.1) is 0 Å². The van der Waals surface area contributed by atoms with Crippen molar-refractivity contribution in [2.24, 2.45) is 0 Å². The first-order chi connectivity index (χ1) is 9.17. The normalized spacial score (nSPS) is 17.6. The van der Waals surface area contributed by atoms with Gasteiger partial charge in [0.15, 0.2) is 0 Å². The molecule has 1 saturated carbocycles. The topological polar surface area (TPSA) is 61.8 Å². The molecule has 1 fully saturated rings. The Balaban J connectivity index is 2.05. The van der Waals surface area contributed by atoms with Gasteiger partial charge in [0, 0.05) is 19.6 Å². The van der Waals surface area contributed by atoms with Crippen LogP contribution in [0, 0.1) is 0 Å². The maximum Gasteiger partial charge on any atom is 0.236 e. The van der Waals surface area contributed by atoms with E-state index in [1.165, 1.54) is 12.8 Å². The third-order valence-electron chi connectivity index (χ3n) is 3.60. The summed E-state index contributed by atoms with van der Waals surface area (Å²) < 4.78 is 5.63. The van der Waals surface area contributed by atoms with Gasteiger partial charge >= 0.3 is 0 Å². The Labute approximate surface area is 116 Å². The van der Waals surface area contributed by atoms with Crippen molar-refractivity contribution in [1.82, 2.24) is 10.2 Å². The van der Waals surface area contributed by atoms with E-state index < -0.39 is 6.10 Å². The van der Waals surface area contributed by atoms with Crippen LogP contribution in [-0.4, -0.2) is 60.9 Å². The van der Waals surface area contributed by atoms with Crippen molar-refractivity contribution in [3.63, 3.8) is 0 Å². The summed E-state index contributed by atoms with van der Waals surface area (Å²) in [4.78, 5) is 13.5. The molecule has 0 aromatic heterocycles. The van der Waals surface area contributed by atoms with Gasteiger partial charge in [0.2, 0.25) is 5.91 Å². The van der Waals surface area contributed by atoms with E-state index in [0.29, 0.717) is 19.3 Å². The summed E-state index contributed by atoms with van der Waals surface area (Å²) in [6, 6.07) is 0. The van der Waals surface area contributed by atoms with Crippen LogP contribution in [0.1, 0.15) is 39.5 Å². The van der Waals surface area contributed by atoms with Gasteiger partial charge in [0.05, 0.1) is 25.4 Å². The zero-order valence-corrected chi connectivity index (χ0v) is 12.2. The molecule has 112 valence electrons. The molecule has 1 aliphatic carbocycles. The maximum absolute atomic E-state index is 11.7. The molecule has 0 aromatic carbocycles. The van der Waals surface area contributed by atoms with Crippen LogP contribution in [0.5, 0.6) is 0 Å². The number of amides is 1. The smallest absolute Gasteiger partial charge is 0.236 e. The molecule has 0 bridgehead atoms. The van der Waals surface area contributed by atoms with Crippen molar-refractivity contribution < 1.29 is 14.6 Å². The second-order valence-corrected chi connectivity index (χ2v) is 5.09. The molecule has 1 amide bonds. The third-order valence-corrected chi connectivity index (χ3v) is 3.60. The number of carbonyl (C=O) groups is 1. The summed E-state index contributed by atoms with van der Waals surface area (Å²) in [6.45, 7) is 6.42. The fourth-order valence-corrected chi connectivity index (χ4v) is 2.39. The highest BCUT2D eigenvalue weighted by Gasteiger charge is 2.17. The number of aliphatic hydroxyl groups is 1. The number of hydrogen-bond acceptors (Lipinski definition) is 4. The molecule has 1 aliphatic rings. The number of rotatable bonds is 9. The van der Waals surface area contributed by atoms with Gasteiger partial charge in [-0.3, -0.25) is 4.79 Å². The maximum atomic E-state index is 11.7. The molecule has 5 nitrogen and oxygen atoms in total. The number of likely N-dealkylation sites (N-methyl/N-ethyl adjacent to an activating group) is 1. The van der Waals surface area contributed by atoms with E-state index in [9.17, 15) is 9.90 Å². The van der Waals surface area contributed by atoms with E-state index in [1.807, 2.05) is 13.8 Å². The van der Waals surface area contributed by atoms with Crippen LogP contribution in [0.3, 0.4) is 0 Å². The third kappa shape index (κ3) is 6.36. The molecule has 1 unspecified atom stereocenters. The Bertz CT molecular complexity index is 251. The lowest BCUT2D eigenvalue weighted by atomic mass is 10.3. The number of nitrogens with zero attached hydrogens (tertiary/aromatic N) is 1. The van der Waals surface area contributed by atoms with Crippen molar-refractivity contribution >= 4 is 5.91 Å². The van der Waals surface area contributed by atoms with Gasteiger partial charge in [0.25, 0.3) is 0 Å². The summed E-state index contributed by atoms with van der Waals surface area (Å²) in [5.41, 5.74) is 0. The minimum atomic E-state index is -0.537. The summed E-state index contributed by atoms with van der Waals surface area (Å²) in [5.74, 6) is 0.0777. The molecule has 0 aromatic rings. The number of aliphatic hydroxyl groups excluding tert-OH is 1. The van der Waals surface area contributed by atoms with Crippen LogP contribution < -0.4 is 5.32 Å². The van der Waals surface area contributed by atoms with Crippen molar-refractivity contribution in [3.8, 4) is 0 Å². The Morgan fingerprint density at radius 1 is 1.37 bits per heavy atom. The van der Waals surface area contributed by atoms with Crippen molar-refractivity contribution in [2.75, 3.05) is 32.8 Å². The highest BCUT2D eigenvalue weighted by atomic mass is 16.5. The molecule has 0 spiro atoms. The molecule has 2 N–H and O–H groups in total. The number of hydrogen-bond donors (Lipinski definition) is 2. The molecule has 0 aliphatic heterocycles. The first-order valence-corrected chi connectivity index (χ1v) is 7.45. The molecule has 1 atom stereocenters. The van der Waals surface area contributed by atoms with E-state index in [1.54, 1.807) is 4.90 Å². The molecule has 1 rings (SSSR count). The van der Waals surface area contributed by atoms with Gasteiger partial charge in [-0.1, -0.05) is 12.8 Å². The van der Waals surface area contributed by atoms with Gasteiger partial charge in [0.1, 0.15) is 0 Å². The number of ether oxygens (including phenoxy) is 1. The van der Waals surface area contributed by atoms with E-state index in [-0.39, 0.29) is 12.5 Å². The van der Waals surface area contributed by atoms with Crippen molar-refractivity contribution in [2.45, 2.75) is 51.7 Å². The van der Waals surface area contributed by atoms with E-state index in [0.717, 1.165) is 25.9 Å². The van der Waals surface area contributed by atoms with E-state index in [4.69, 9.17) is 4.74 Å². The summed E-state index contributed by atoms with van der Waals surface area (Å²) in [6.07, 6.45) is 4.48. The quantitative estimate of drug-likeness (QED) is 0.651. The average molecular weight is 272 g/mol. The lowest BCUT2D eigenvalue weighted by molar-refractivity contribution is -0.129. The largest absolute Gasteiger partial charge is 0.389 e. The second-order valence-electron chi connectivity index (χ2n) is 5.09. The molecule has 0 heterocycles.